The van der Waals surface area contributed by atoms with Crippen molar-refractivity contribution in [1.82, 2.24) is 29.8 Å². The second-order valence-corrected chi connectivity index (χ2v) is 10.4. The van der Waals surface area contributed by atoms with Crippen LogP contribution in [0.1, 0.15) is 25.2 Å². The van der Waals surface area contributed by atoms with Gasteiger partial charge in [-0.05, 0) is 33.0 Å². The van der Waals surface area contributed by atoms with Crippen molar-refractivity contribution in [2.45, 2.75) is 50.9 Å². The van der Waals surface area contributed by atoms with E-state index in [4.69, 9.17) is 23.7 Å². The van der Waals surface area contributed by atoms with Crippen molar-refractivity contribution < 1.29 is 59.6 Å². The molecule has 2 heterocycles. The summed E-state index contributed by atoms with van der Waals surface area (Å²) in [6.45, 7) is 3.68. The van der Waals surface area contributed by atoms with Gasteiger partial charge in [0.25, 0.3) is 0 Å². The number of halogens is 6. The van der Waals surface area contributed by atoms with Gasteiger partial charge in [0.1, 0.15) is 17.1 Å². The lowest BCUT2D eigenvalue weighted by Crippen LogP contribution is -2.46. The van der Waals surface area contributed by atoms with Gasteiger partial charge in [0.05, 0.1) is 12.1 Å². The van der Waals surface area contributed by atoms with E-state index in [1.54, 1.807) is 51.5 Å². The molecule has 0 saturated carbocycles. The highest BCUT2D eigenvalue weighted by Gasteiger charge is 2.36. The number of carbonyl (C=O) groups is 2. The van der Waals surface area contributed by atoms with Crippen LogP contribution in [0, 0.1) is 0 Å². The monoisotopic (exact) mass is 742 g/mol. The molecular formula is C30H44F6N8O7. The average Bonchev–Trinajstić information content (AvgIpc) is 3.63. The lowest BCUT2D eigenvalue weighted by Gasteiger charge is -2.29. The van der Waals surface area contributed by atoms with E-state index < -0.39 is 48.2 Å². The van der Waals surface area contributed by atoms with Crippen LogP contribution >= 0.6 is 0 Å². The third-order valence-corrected chi connectivity index (χ3v) is 6.88. The van der Waals surface area contributed by atoms with Crippen molar-refractivity contribution in [3.05, 3.63) is 53.9 Å². The Morgan fingerprint density at radius 1 is 0.765 bits per heavy atom. The first kappa shape index (κ1) is 44.6. The fourth-order valence-electron chi connectivity index (χ4n) is 4.01. The van der Waals surface area contributed by atoms with Crippen LogP contribution in [0.5, 0.6) is 5.75 Å². The molecule has 0 saturated heterocycles. The van der Waals surface area contributed by atoms with Gasteiger partial charge in [0.15, 0.2) is 24.2 Å². The quantitative estimate of drug-likeness (QED) is 0.177. The summed E-state index contributed by atoms with van der Waals surface area (Å²) in [5, 5.41) is 14.6. The summed E-state index contributed by atoms with van der Waals surface area (Å²) in [5.41, 5.74) is -1.92. The van der Waals surface area contributed by atoms with E-state index >= 15 is 0 Å². The average molecular weight is 743 g/mol. The predicted octanol–water partition coefficient (Wildman–Crippen LogP) is 5.17. The summed E-state index contributed by atoms with van der Waals surface area (Å²) in [7, 11) is 11.7. The molecule has 0 bridgehead atoms. The number of methoxy groups -OCH3 is 4. The van der Waals surface area contributed by atoms with Crippen molar-refractivity contribution in [3.8, 4) is 5.75 Å². The van der Waals surface area contributed by atoms with Gasteiger partial charge in [-0.15, -0.1) is 0 Å². The van der Waals surface area contributed by atoms with Gasteiger partial charge in [-0.2, -0.15) is 36.5 Å². The van der Waals surface area contributed by atoms with E-state index in [0.717, 1.165) is 26.2 Å². The zero-order valence-corrected chi connectivity index (χ0v) is 29.7. The second kappa shape index (κ2) is 20.4. The van der Waals surface area contributed by atoms with Crippen LogP contribution in [0.3, 0.4) is 0 Å². The Morgan fingerprint density at radius 3 is 1.55 bits per heavy atom. The van der Waals surface area contributed by atoms with Gasteiger partial charge < -0.3 is 33.9 Å². The molecule has 0 aliphatic carbocycles. The summed E-state index contributed by atoms with van der Waals surface area (Å²) in [6.07, 6.45) is -10.8. The minimum Gasteiger partial charge on any atom is -0.410 e. The van der Waals surface area contributed by atoms with E-state index in [9.17, 15) is 35.9 Å². The number of ether oxygens (including phenoxy) is 5. The topological polar surface area (TPSA) is 155 Å². The van der Waals surface area contributed by atoms with Crippen molar-refractivity contribution in [1.29, 1.82) is 0 Å². The number of nitrogens with one attached hydrogen (secondary N) is 3. The molecule has 0 spiro atoms. The largest absolute Gasteiger partial charge is 0.433 e. The first-order valence-electron chi connectivity index (χ1n) is 14.8. The number of hydrogen-bond acceptors (Lipinski definition) is 10. The molecule has 2 atom stereocenters. The van der Waals surface area contributed by atoms with E-state index in [-0.39, 0.29) is 29.7 Å². The zero-order valence-electron chi connectivity index (χ0n) is 29.7. The summed E-state index contributed by atoms with van der Waals surface area (Å²) in [5.74, 6) is -0.150. The van der Waals surface area contributed by atoms with Gasteiger partial charge in [-0.3, -0.25) is 20.0 Å². The molecular weight excluding hydrogens is 698 g/mol. The highest BCUT2D eigenvalue weighted by atomic mass is 19.4. The van der Waals surface area contributed by atoms with Crippen molar-refractivity contribution in [3.63, 3.8) is 0 Å². The molecule has 21 heteroatoms. The van der Waals surface area contributed by atoms with Gasteiger partial charge in [0, 0.05) is 61.7 Å². The summed E-state index contributed by atoms with van der Waals surface area (Å²) in [6, 6.07) is 8.78. The number of aromatic nitrogens is 4. The minimum absolute atomic E-state index is 0.144. The van der Waals surface area contributed by atoms with Gasteiger partial charge in [-0.1, -0.05) is 18.2 Å². The fourth-order valence-corrected chi connectivity index (χ4v) is 4.01. The standard InChI is InChI=1S/C12H19F3N4O3.C12H10F3N3O2.C6H15NO2/c1-7(10(21-4)22-5)18(2)11(20)16-9-6-8(12(13,14)15)19(3)17-9;1-18-9(12(13,14)15)7-10(17-18)16-11(19)20-8-5-3-2-4-6-8;1-5(7-2)6(8-3)9-4/h6-7,10H,1-5H3,(H,16,17,20);2-7H,1H3,(H,16,17,19);5-7H,1-4H3. The molecule has 3 N–H and O–H groups in total. The number of aryl methyl sites for hydroxylation is 2. The molecule has 3 aromatic rings. The number of nitrogens with zero attached hydrogens (tertiary/aromatic N) is 5. The van der Waals surface area contributed by atoms with E-state index in [1.165, 1.54) is 26.2 Å². The Morgan fingerprint density at radius 2 is 1.20 bits per heavy atom. The number of hydrogen-bond donors (Lipinski definition) is 3. The van der Waals surface area contributed by atoms with E-state index in [1.807, 2.05) is 14.0 Å². The Bertz CT molecular complexity index is 1480. The molecule has 288 valence electrons. The highest BCUT2D eigenvalue weighted by molar-refractivity contribution is 5.88. The summed E-state index contributed by atoms with van der Waals surface area (Å²) < 4.78 is 102. The zero-order chi connectivity index (χ0) is 39.1. The van der Waals surface area contributed by atoms with Crippen LogP contribution < -0.4 is 20.7 Å². The number of alkyl halides is 6. The van der Waals surface area contributed by atoms with E-state index in [2.05, 4.69) is 26.1 Å². The Kier molecular flexibility index (Phi) is 17.8. The van der Waals surface area contributed by atoms with Crippen molar-refractivity contribution >= 4 is 23.8 Å². The third-order valence-electron chi connectivity index (χ3n) is 6.88. The van der Waals surface area contributed by atoms with Crippen LogP contribution in [-0.2, 0) is 45.4 Å². The van der Waals surface area contributed by atoms with E-state index in [0.29, 0.717) is 9.36 Å². The lowest BCUT2D eigenvalue weighted by atomic mass is 10.3. The van der Waals surface area contributed by atoms with Crippen LogP contribution in [0.2, 0.25) is 0 Å². The number of urea groups is 1. The number of amides is 3. The van der Waals surface area contributed by atoms with Crippen LogP contribution in [0.25, 0.3) is 0 Å². The first-order chi connectivity index (χ1) is 23.7. The molecule has 0 fully saturated rings. The van der Waals surface area contributed by atoms with Crippen LogP contribution in [0.4, 0.5) is 47.6 Å². The summed E-state index contributed by atoms with van der Waals surface area (Å²) >= 11 is 0. The van der Waals surface area contributed by atoms with Crippen molar-refractivity contribution in [2.24, 2.45) is 14.1 Å². The molecule has 1 aromatic carbocycles. The molecule has 3 rings (SSSR count). The molecule has 0 radical (unpaired) electrons. The predicted molar refractivity (Wildman–Crippen MR) is 173 cm³/mol. The highest BCUT2D eigenvalue weighted by Crippen LogP contribution is 2.31. The van der Waals surface area contributed by atoms with Gasteiger partial charge in [0.2, 0.25) is 0 Å². The Balaban J connectivity index is 0.000000415. The normalized spacial score (nSPS) is 12.7. The molecule has 15 nitrogen and oxygen atoms in total. The lowest BCUT2D eigenvalue weighted by molar-refractivity contribution is -0.144. The smallest absolute Gasteiger partial charge is 0.410 e. The minimum atomic E-state index is -4.54. The third kappa shape index (κ3) is 14.4. The molecule has 51 heavy (non-hydrogen) atoms. The Hall–Kier alpha value is -4.44. The molecule has 2 unspecified atom stereocenters. The number of anilines is 2. The second-order valence-electron chi connectivity index (χ2n) is 10.4. The Labute approximate surface area is 291 Å². The van der Waals surface area contributed by atoms with Gasteiger partial charge >= 0.3 is 24.5 Å². The van der Waals surface area contributed by atoms with Gasteiger partial charge in [-0.25, -0.2) is 9.59 Å². The SMILES string of the molecule is CNC(C)C(OC)OC.COC(OC)C(C)N(C)C(=O)Nc1cc(C(F)(F)F)n(C)n1.Cn1nc(NC(=O)Oc2ccccc2)cc1C(F)(F)F. The number of carbonyl (C=O) groups excluding carboxylic acids is 2. The first-order valence-corrected chi connectivity index (χ1v) is 14.8. The maximum atomic E-state index is 12.7. The van der Waals surface area contributed by atoms with Crippen LogP contribution in [0.15, 0.2) is 42.5 Å². The summed E-state index contributed by atoms with van der Waals surface area (Å²) in [4.78, 5) is 24.8. The maximum absolute atomic E-state index is 12.7. The number of likely N-dealkylation sites (N-methyl/N-ethyl adjacent to an activating group) is 2. The molecule has 3 amide bonds. The molecule has 0 aliphatic rings. The number of rotatable bonds is 11. The molecule has 2 aromatic heterocycles. The molecule has 0 aliphatic heterocycles. The maximum Gasteiger partial charge on any atom is 0.433 e. The van der Waals surface area contributed by atoms with Crippen molar-refractivity contribution in [2.75, 3.05) is 53.2 Å². The fraction of sp³-hybridized carbons (Fsp3) is 0.533. The number of benzene rings is 1. The number of para-hydroxylation sites is 1. The van der Waals surface area contributed by atoms with Crippen LogP contribution in [-0.4, -0.2) is 104 Å².